The molecule has 0 bridgehead atoms. The first-order chi connectivity index (χ1) is 9.10. The van der Waals surface area contributed by atoms with Crippen LogP contribution in [0.4, 0.5) is 0 Å². The molecule has 0 aliphatic heterocycles. The standard InChI is InChI=1S/C14H15ClN2O2/c1-17(9-10-3-2-4-11(15)7-10)14(18)13-6-5-12(8-16)19-13/h2-7H,8-9,16H2,1H3. The Balaban J connectivity index is 2.07. The van der Waals surface area contributed by atoms with Gasteiger partial charge in [0.2, 0.25) is 0 Å². The Morgan fingerprint density at radius 1 is 1.37 bits per heavy atom. The minimum Gasteiger partial charge on any atom is -0.455 e. The summed E-state index contributed by atoms with van der Waals surface area (Å²) in [7, 11) is 1.72. The lowest BCUT2D eigenvalue weighted by atomic mass is 10.2. The van der Waals surface area contributed by atoms with E-state index in [0.29, 0.717) is 23.1 Å². The molecule has 1 aromatic heterocycles. The van der Waals surface area contributed by atoms with Gasteiger partial charge in [0, 0.05) is 18.6 Å². The van der Waals surface area contributed by atoms with Crippen LogP contribution in [0.25, 0.3) is 0 Å². The van der Waals surface area contributed by atoms with Crippen molar-refractivity contribution < 1.29 is 9.21 Å². The normalized spacial score (nSPS) is 10.5. The Morgan fingerprint density at radius 2 is 2.16 bits per heavy atom. The number of carbonyl (C=O) groups excluding carboxylic acids is 1. The van der Waals surface area contributed by atoms with E-state index in [1.54, 1.807) is 30.1 Å². The highest BCUT2D eigenvalue weighted by Crippen LogP contribution is 2.14. The smallest absolute Gasteiger partial charge is 0.289 e. The van der Waals surface area contributed by atoms with Gasteiger partial charge in [0.05, 0.1) is 6.54 Å². The number of furan rings is 1. The van der Waals surface area contributed by atoms with Crippen LogP contribution in [0.3, 0.4) is 0 Å². The SMILES string of the molecule is CN(Cc1cccc(Cl)c1)C(=O)c1ccc(CN)o1. The van der Waals surface area contributed by atoms with Gasteiger partial charge in [-0.15, -0.1) is 0 Å². The minimum absolute atomic E-state index is 0.181. The summed E-state index contributed by atoms with van der Waals surface area (Å²) in [5.74, 6) is 0.712. The van der Waals surface area contributed by atoms with Crippen molar-refractivity contribution in [1.29, 1.82) is 0 Å². The predicted molar refractivity (Wildman–Crippen MR) is 73.8 cm³/mol. The van der Waals surface area contributed by atoms with Gasteiger partial charge in [-0.05, 0) is 29.8 Å². The number of halogens is 1. The van der Waals surface area contributed by atoms with Crippen molar-refractivity contribution in [3.05, 3.63) is 58.5 Å². The number of carbonyl (C=O) groups is 1. The maximum Gasteiger partial charge on any atom is 0.289 e. The molecule has 1 heterocycles. The molecule has 0 atom stereocenters. The van der Waals surface area contributed by atoms with E-state index in [0.717, 1.165) is 5.56 Å². The predicted octanol–water partition coefficient (Wildman–Crippen LogP) is 2.66. The van der Waals surface area contributed by atoms with Gasteiger partial charge < -0.3 is 15.1 Å². The maximum atomic E-state index is 12.1. The van der Waals surface area contributed by atoms with Gasteiger partial charge in [-0.2, -0.15) is 0 Å². The Labute approximate surface area is 116 Å². The van der Waals surface area contributed by atoms with E-state index in [1.807, 2.05) is 18.2 Å². The Morgan fingerprint density at radius 3 is 2.79 bits per heavy atom. The molecule has 0 aliphatic carbocycles. The largest absolute Gasteiger partial charge is 0.455 e. The number of amides is 1. The summed E-state index contributed by atoms with van der Waals surface area (Å²) in [6, 6.07) is 10.8. The van der Waals surface area contributed by atoms with Gasteiger partial charge in [0.15, 0.2) is 5.76 Å². The van der Waals surface area contributed by atoms with Crippen LogP contribution in [0.2, 0.25) is 5.02 Å². The van der Waals surface area contributed by atoms with E-state index >= 15 is 0 Å². The van der Waals surface area contributed by atoms with E-state index in [9.17, 15) is 4.79 Å². The van der Waals surface area contributed by atoms with Crippen LogP contribution in [-0.4, -0.2) is 17.9 Å². The second kappa shape index (κ2) is 5.91. The first-order valence-electron chi connectivity index (χ1n) is 5.89. The molecule has 100 valence electrons. The quantitative estimate of drug-likeness (QED) is 0.935. The fourth-order valence-electron chi connectivity index (χ4n) is 1.77. The topological polar surface area (TPSA) is 59.5 Å². The third-order valence-electron chi connectivity index (χ3n) is 2.73. The van der Waals surface area contributed by atoms with Gasteiger partial charge in [0.1, 0.15) is 5.76 Å². The molecule has 5 heteroatoms. The number of rotatable bonds is 4. The Bertz CT molecular complexity index is 580. The number of benzene rings is 1. The summed E-state index contributed by atoms with van der Waals surface area (Å²) in [5.41, 5.74) is 6.41. The second-order valence-corrected chi connectivity index (χ2v) is 4.70. The molecule has 2 N–H and O–H groups in total. The number of nitrogens with zero attached hydrogens (tertiary/aromatic N) is 1. The van der Waals surface area contributed by atoms with Gasteiger partial charge in [-0.3, -0.25) is 4.79 Å². The van der Waals surface area contributed by atoms with E-state index in [1.165, 1.54) is 0 Å². The van der Waals surface area contributed by atoms with Crippen molar-refractivity contribution in [2.45, 2.75) is 13.1 Å². The van der Waals surface area contributed by atoms with Crippen LogP contribution in [0.5, 0.6) is 0 Å². The molecule has 2 aromatic rings. The van der Waals surface area contributed by atoms with E-state index in [4.69, 9.17) is 21.8 Å². The molecule has 0 unspecified atom stereocenters. The van der Waals surface area contributed by atoms with Crippen molar-refractivity contribution in [1.82, 2.24) is 4.90 Å². The molecule has 4 nitrogen and oxygen atoms in total. The second-order valence-electron chi connectivity index (χ2n) is 4.26. The lowest BCUT2D eigenvalue weighted by Gasteiger charge is -2.15. The molecule has 0 spiro atoms. The maximum absolute atomic E-state index is 12.1. The Kier molecular flexibility index (Phi) is 4.24. The third-order valence-corrected chi connectivity index (χ3v) is 2.96. The Hall–Kier alpha value is -1.78. The van der Waals surface area contributed by atoms with Crippen molar-refractivity contribution in [3.8, 4) is 0 Å². The summed E-state index contributed by atoms with van der Waals surface area (Å²) in [5, 5.41) is 0.654. The lowest BCUT2D eigenvalue weighted by Crippen LogP contribution is -2.25. The lowest BCUT2D eigenvalue weighted by molar-refractivity contribution is 0.0751. The van der Waals surface area contributed by atoms with Gasteiger partial charge in [-0.1, -0.05) is 23.7 Å². The summed E-state index contributed by atoms with van der Waals surface area (Å²) in [4.78, 5) is 13.7. The minimum atomic E-state index is -0.181. The van der Waals surface area contributed by atoms with Crippen molar-refractivity contribution in [2.75, 3.05) is 7.05 Å². The van der Waals surface area contributed by atoms with Crippen LogP contribution >= 0.6 is 11.6 Å². The van der Waals surface area contributed by atoms with Crippen LogP contribution < -0.4 is 5.73 Å². The van der Waals surface area contributed by atoms with Crippen molar-refractivity contribution >= 4 is 17.5 Å². The molecule has 2 rings (SSSR count). The zero-order chi connectivity index (χ0) is 13.8. The van der Waals surface area contributed by atoms with Crippen LogP contribution in [0.1, 0.15) is 21.9 Å². The van der Waals surface area contributed by atoms with Gasteiger partial charge in [-0.25, -0.2) is 0 Å². The van der Waals surface area contributed by atoms with Crippen LogP contribution in [0.15, 0.2) is 40.8 Å². The zero-order valence-electron chi connectivity index (χ0n) is 10.6. The first kappa shape index (κ1) is 13.6. The first-order valence-corrected chi connectivity index (χ1v) is 6.26. The summed E-state index contributed by atoms with van der Waals surface area (Å²) >= 11 is 5.91. The van der Waals surface area contributed by atoms with E-state index in [2.05, 4.69) is 0 Å². The molecule has 0 saturated heterocycles. The van der Waals surface area contributed by atoms with Crippen LogP contribution in [-0.2, 0) is 13.1 Å². The molecule has 19 heavy (non-hydrogen) atoms. The zero-order valence-corrected chi connectivity index (χ0v) is 11.4. The fraction of sp³-hybridized carbons (Fsp3) is 0.214. The molecule has 1 aromatic carbocycles. The van der Waals surface area contributed by atoms with Crippen molar-refractivity contribution in [2.24, 2.45) is 5.73 Å². The highest BCUT2D eigenvalue weighted by atomic mass is 35.5. The molecule has 0 fully saturated rings. The van der Waals surface area contributed by atoms with Crippen molar-refractivity contribution in [3.63, 3.8) is 0 Å². The average Bonchev–Trinajstić information content (AvgIpc) is 2.86. The molecule has 0 aliphatic rings. The highest BCUT2D eigenvalue weighted by Gasteiger charge is 2.16. The molecule has 1 amide bonds. The molecular formula is C14H15ClN2O2. The fourth-order valence-corrected chi connectivity index (χ4v) is 1.98. The number of hydrogen-bond acceptors (Lipinski definition) is 3. The molecule has 0 saturated carbocycles. The average molecular weight is 279 g/mol. The monoisotopic (exact) mass is 278 g/mol. The molecular weight excluding hydrogens is 264 g/mol. The summed E-state index contributed by atoms with van der Waals surface area (Å²) in [6.07, 6.45) is 0. The number of nitrogens with two attached hydrogens (primary N) is 1. The highest BCUT2D eigenvalue weighted by molar-refractivity contribution is 6.30. The van der Waals surface area contributed by atoms with E-state index in [-0.39, 0.29) is 12.5 Å². The summed E-state index contributed by atoms with van der Waals surface area (Å²) in [6.45, 7) is 0.753. The third kappa shape index (κ3) is 3.36. The van der Waals surface area contributed by atoms with Gasteiger partial charge in [0.25, 0.3) is 5.91 Å². The van der Waals surface area contributed by atoms with Gasteiger partial charge >= 0.3 is 0 Å². The summed E-state index contributed by atoms with van der Waals surface area (Å²) < 4.78 is 5.33. The molecule has 0 radical (unpaired) electrons. The van der Waals surface area contributed by atoms with E-state index < -0.39 is 0 Å². The van der Waals surface area contributed by atoms with Crippen LogP contribution in [0, 0.1) is 0 Å². The number of hydrogen-bond donors (Lipinski definition) is 1.